The summed E-state index contributed by atoms with van der Waals surface area (Å²) >= 11 is 3.34. The van der Waals surface area contributed by atoms with Crippen LogP contribution in [0.4, 0.5) is 15.8 Å². The van der Waals surface area contributed by atoms with E-state index in [0.29, 0.717) is 22.5 Å². The molecule has 4 aromatic carbocycles. The number of aromatic nitrogens is 2. The smallest absolute Gasteiger partial charge is 0.322 e. The minimum absolute atomic E-state index is 0.152. The first-order valence-electron chi connectivity index (χ1n) is 12.6. The van der Waals surface area contributed by atoms with Crippen molar-refractivity contribution >= 4 is 51.2 Å². The van der Waals surface area contributed by atoms with E-state index in [0.717, 1.165) is 10.2 Å². The second-order valence-corrected chi connectivity index (χ2v) is 9.80. The standard InChI is InChI=1S/C31H22BrFN6O3/c32-22-12-16-24(17-13-22)35-29(40)26-8-4-5-9-27(26)36-30(41)31(42)37-34-18-21-19-39(25-6-2-1-3-7-25)38-28(21)20-10-14-23(33)15-11-20/h1-19H,(H,35,40)(H,36,41)(H,37,42)/b34-18+. The Kier molecular flexibility index (Phi) is 8.59. The third-order valence-corrected chi connectivity index (χ3v) is 6.51. The van der Waals surface area contributed by atoms with Crippen molar-refractivity contribution in [2.24, 2.45) is 5.10 Å². The Morgan fingerprint density at radius 3 is 2.24 bits per heavy atom. The molecule has 11 heteroatoms. The van der Waals surface area contributed by atoms with Gasteiger partial charge in [-0.2, -0.15) is 10.2 Å². The molecule has 208 valence electrons. The highest BCUT2D eigenvalue weighted by atomic mass is 79.9. The van der Waals surface area contributed by atoms with Crippen LogP contribution in [0.5, 0.6) is 0 Å². The van der Waals surface area contributed by atoms with Crippen LogP contribution in [-0.4, -0.2) is 33.7 Å². The SMILES string of the molecule is O=C(N/N=C/c1cn(-c2ccccc2)nc1-c1ccc(F)cc1)C(=O)Nc1ccccc1C(=O)Nc1ccc(Br)cc1. The molecule has 0 unspecified atom stereocenters. The number of benzene rings is 4. The van der Waals surface area contributed by atoms with E-state index in [1.807, 2.05) is 30.3 Å². The summed E-state index contributed by atoms with van der Waals surface area (Å²) < 4.78 is 16.0. The quantitative estimate of drug-likeness (QED) is 0.121. The molecule has 0 aliphatic carbocycles. The number of para-hydroxylation sites is 2. The van der Waals surface area contributed by atoms with Crippen LogP contribution in [-0.2, 0) is 9.59 Å². The Labute approximate surface area is 248 Å². The largest absolute Gasteiger partial charge is 0.329 e. The monoisotopic (exact) mass is 624 g/mol. The highest BCUT2D eigenvalue weighted by molar-refractivity contribution is 9.10. The molecule has 3 amide bonds. The fraction of sp³-hybridized carbons (Fsp3) is 0. The number of anilines is 2. The van der Waals surface area contributed by atoms with Crippen LogP contribution in [0.3, 0.4) is 0 Å². The Morgan fingerprint density at radius 2 is 1.50 bits per heavy atom. The summed E-state index contributed by atoms with van der Waals surface area (Å²) in [6.45, 7) is 0. The number of hydrogen-bond donors (Lipinski definition) is 3. The van der Waals surface area contributed by atoms with E-state index in [9.17, 15) is 18.8 Å². The predicted octanol–water partition coefficient (Wildman–Crippen LogP) is 5.78. The number of hydrazone groups is 1. The summed E-state index contributed by atoms with van der Waals surface area (Å²) in [4.78, 5) is 38.1. The average molecular weight is 625 g/mol. The van der Waals surface area contributed by atoms with Gasteiger partial charge in [-0.15, -0.1) is 0 Å². The average Bonchev–Trinajstić information content (AvgIpc) is 3.43. The molecular formula is C31H22BrFN6O3. The molecule has 0 aliphatic rings. The fourth-order valence-electron chi connectivity index (χ4n) is 3.94. The number of nitrogens with one attached hydrogen (secondary N) is 3. The molecule has 5 aromatic rings. The molecule has 42 heavy (non-hydrogen) atoms. The minimum atomic E-state index is -1.05. The van der Waals surface area contributed by atoms with Crippen molar-refractivity contribution in [2.75, 3.05) is 10.6 Å². The number of carbonyl (C=O) groups excluding carboxylic acids is 3. The van der Waals surface area contributed by atoms with E-state index >= 15 is 0 Å². The number of hydrogen-bond acceptors (Lipinski definition) is 5. The lowest BCUT2D eigenvalue weighted by atomic mass is 10.1. The van der Waals surface area contributed by atoms with Crippen molar-refractivity contribution in [1.29, 1.82) is 0 Å². The van der Waals surface area contributed by atoms with E-state index in [-0.39, 0.29) is 17.1 Å². The lowest BCUT2D eigenvalue weighted by Crippen LogP contribution is -2.33. The van der Waals surface area contributed by atoms with Crippen molar-refractivity contribution in [2.45, 2.75) is 0 Å². The lowest BCUT2D eigenvalue weighted by molar-refractivity contribution is -0.136. The summed E-state index contributed by atoms with van der Waals surface area (Å²) in [6.07, 6.45) is 3.04. The van der Waals surface area contributed by atoms with Gasteiger partial charge in [-0.05, 0) is 72.8 Å². The Morgan fingerprint density at radius 1 is 0.810 bits per heavy atom. The molecule has 0 spiro atoms. The maximum atomic E-state index is 13.5. The molecule has 0 radical (unpaired) electrons. The first-order valence-corrected chi connectivity index (χ1v) is 13.4. The van der Waals surface area contributed by atoms with Crippen molar-refractivity contribution in [3.05, 3.63) is 131 Å². The molecule has 5 rings (SSSR count). The normalized spacial score (nSPS) is 10.8. The molecular weight excluding hydrogens is 603 g/mol. The van der Waals surface area contributed by atoms with Gasteiger partial charge >= 0.3 is 11.8 Å². The molecule has 1 aromatic heterocycles. The van der Waals surface area contributed by atoms with Crippen LogP contribution in [0.2, 0.25) is 0 Å². The van der Waals surface area contributed by atoms with E-state index in [1.54, 1.807) is 59.4 Å². The highest BCUT2D eigenvalue weighted by Gasteiger charge is 2.18. The van der Waals surface area contributed by atoms with Crippen molar-refractivity contribution in [3.8, 4) is 16.9 Å². The zero-order valence-corrected chi connectivity index (χ0v) is 23.4. The molecule has 0 aliphatic heterocycles. The van der Waals surface area contributed by atoms with E-state index < -0.39 is 17.7 Å². The number of carbonyl (C=O) groups is 3. The summed E-state index contributed by atoms with van der Waals surface area (Å²) in [5.74, 6) is -2.92. The molecule has 0 saturated heterocycles. The van der Waals surface area contributed by atoms with Crippen LogP contribution in [0.1, 0.15) is 15.9 Å². The molecule has 0 atom stereocenters. The maximum Gasteiger partial charge on any atom is 0.329 e. The second-order valence-electron chi connectivity index (χ2n) is 8.88. The molecule has 0 saturated carbocycles. The first kappa shape index (κ1) is 28.1. The molecule has 3 N–H and O–H groups in total. The number of amides is 3. The van der Waals surface area contributed by atoms with Crippen molar-refractivity contribution < 1.29 is 18.8 Å². The van der Waals surface area contributed by atoms with Gasteiger partial charge in [0.15, 0.2) is 0 Å². The van der Waals surface area contributed by atoms with Gasteiger partial charge in [-0.25, -0.2) is 14.5 Å². The van der Waals surface area contributed by atoms with Crippen LogP contribution in [0.25, 0.3) is 16.9 Å². The van der Waals surface area contributed by atoms with Gasteiger partial charge in [0.2, 0.25) is 0 Å². The predicted molar refractivity (Wildman–Crippen MR) is 162 cm³/mol. The van der Waals surface area contributed by atoms with Gasteiger partial charge in [0, 0.05) is 27.5 Å². The third kappa shape index (κ3) is 6.83. The molecule has 1 heterocycles. The highest BCUT2D eigenvalue weighted by Crippen LogP contribution is 2.23. The number of nitrogens with zero attached hydrogens (tertiary/aromatic N) is 3. The Hall–Kier alpha value is -5.42. The summed E-state index contributed by atoms with van der Waals surface area (Å²) in [6, 6.07) is 28.5. The van der Waals surface area contributed by atoms with Gasteiger partial charge in [0.1, 0.15) is 11.5 Å². The summed E-state index contributed by atoms with van der Waals surface area (Å²) in [5, 5.41) is 13.7. The second kappa shape index (κ2) is 12.8. The van der Waals surface area contributed by atoms with E-state index in [1.165, 1.54) is 30.5 Å². The number of rotatable bonds is 7. The fourth-order valence-corrected chi connectivity index (χ4v) is 4.20. The van der Waals surface area contributed by atoms with E-state index in [4.69, 9.17) is 0 Å². The Balaban J connectivity index is 1.29. The summed E-state index contributed by atoms with van der Waals surface area (Å²) in [5.41, 5.74) is 5.51. The van der Waals surface area contributed by atoms with Gasteiger partial charge in [-0.1, -0.05) is 46.3 Å². The van der Waals surface area contributed by atoms with Crippen LogP contribution in [0.15, 0.2) is 119 Å². The zero-order valence-electron chi connectivity index (χ0n) is 21.8. The third-order valence-electron chi connectivity index (χ3n) is 5.98. The molecule has 9 nitrogen and oxygen atoms in total. The van der Waals surface area contributed by atoms with Crippen LogP contribution < -0.4 is 16.1 Å². The zero-order chi connectivity index (χ0) is 29.5. The van der Waals surface area contributed by atoms with Gasteiger partial charge < -0.3 is 10.6 Å². The maximum absolute atomic E-state index is 13.5. The minimum Gasteiger partial charge on any atom is -0.322 e. The topological polar surface area (TPSA) is 117 Å². The molecule has 0 bridgehead atoms. The Bertz CT molecular complexity index is 1770. The lowest BCUT2D eigenvalue weighted by Gasteiger charge is -2.11. The van der Waals surface area contributed by atoms with Gasteiger partial charge in [0.25, 0.3) is 5.91 Å². The first-order chi connectivity index (χ1) is 20.4. The van der Waals surface area contributed by atoms with Crippen molar-refractivity contribution in [1.82, 2.24) is 15.2 Å². The number of halogens is 2. The van der Waals surface area contributed by atoms with Crippen LogP contribution >= 0.6 is 15.9 Å². The molecule has 0 fully saturated rings. The van der Waals surface area contributed by atoms with Gasteiger partial charge in [0.05, 0.1) is 23.2 Å². The van der Waals surface area contributed by atoms with Crippen LogP contribution in [0, 0.1) is 5.82 Å². The van der Waals surface area contributed by atoms with Gasteiger partial charge in [-0.3, -0.25) is 14.4 Å². The van der Waals surface area contributed by atoms with Crippen molar-refractivity contribution in [3.63, 3.8) is 0 Å². The summed E-state index contributed by atoms with van der Waals surface area (Å²) in [7, 11) is 0. The van der Waals surface area contributed by atoms with E-state index in [2.05, 4.69) is 42.2 Å².